The van der Waals surface area contributed by atoms with Gasteiger partial charge in [-0.25, -0.2) is 0 Å². The van der Waals surface area contributed by atoms with Crippen LogP contribution in [-0.2, 0) is 16.0 Å². The molecule has 136 valence electrons. The molecule has 0 radical (unpaired) electrons. The number of methoxy groups -OCH3 is 1. The average Bonchev–Trinajstić information content (AvgIpc) is 2.64. The second-order valence-electron chi connectivity index (χ2n) is 5.72. The fraction of sp³-hybridized carbons (Fsp3) is 0.350. The van der Waals surface area contributed by atoms with Crippen molar-refractivity contribution in [2.75, 3.05) is 26.8 Å². The predicted octanol–water partition coefficient (Wildman–Crippen LogP) is 3.13. The summed E-state index contributed by atoms with van der Waals surface area (Å²) in [5.74, 6) is 0.00742. The van der Waals surface area contributed by atoms with Crippen molar-refractivity contribution in [1.82, 2.24) is 10.6 Å². The number of halogens is 1. The summed E-state index contributed by atoms with van der Waals surface area (Å²) >= 11 is 0. The molecule has 1 atom stereocenters. The first-order chi connectivity index (χ1) is 11.8. The van der Waals surface area contributed by atoms with Crippen LogP contribution in [0.25, 0.3) is 0 Å². The lowest BCUT2D eigenvalue weighted by atomic mass is 9.99. The van der Waals surface area contributed by atoms with Crippen molar-refractivity contribution in [1.29, 1.82) is 0 Å². The van der Waals surface area contributed by atoms with Crippen LogP contribution >= 0.6 is 12.4 Å². The summed E-state index contributed by atoms with van der Waals surface area (Å²) in [6.07, 6.45) is 1.80. The molecule has 0 fully saturated rings. The highest BCUT2D eigenvalue weighted by atomic mass is 35.5. The normalized spacial score (nSPS) is 11.4. The summed E-state index contributed by atoms with van der Waals surface area (Å²) in [7, 11) is 1.65. The summed E-state index contributed by atoms with van der Waals surface area (Å²) in [6, 6.07) is 20.5. The number of aryl methyl sites for hydroxylation is 1. The van der Waals surface area contributed by atoms with E-state index in [9.17, 15) is 4.79 Å². The highest BCUT2D eigenvalue weighted by Gasteiger charge is 2.14. The molecule has 4 nitrogen and oxygen atoms in total. The van der Waals surface area contributed by atoms with Crippen molar-refractivity contribution in [3.05, 3.63) is 71.8 Å². The number of carbonyl (C=O) groups excluding carboxylic acids is 1. The quantitative estimate of drug-likeness (QED) is 0.638. The lowest BCUT2D eigenvalue weighted by molar-refractivity contribution is -0.121. The Morgan fingerprint density at radius 2 is 1.68 bits per heavy atom. The second-order valence-corrected chi connectivity index (χ2v) is 5.72. The number of amides is 1. The number of rotatable bonds is 10. The van der Waals surface area contributed by atoms with Crippen LogP contribution in [0.3, 0.4) is 0 Å². The topological polar surface area (TPSA) is 50.4 Å². The SMILES string of the molecule is COCCNCC(=O)NC(CCc1ccccc1)c1ccccc1.Cl. The molecule has 0 saturated carbocycles. The van der Waals surface area contributed by atoms with Crippen LogP contribution in [0.4, 0.5) is 0 Å². The molecule has 0 heterocycles. The Morgan fingerprint density at radius 1 is 1.04 bits per heavy atom. The maximum Gasteiger partial charge on any atom is 0.234 e. The third kappa shape index (κ3) is 8.16. The molecule has 0 saturated heterocycles. The van der Waals surface area contributed by atoms with E-state index in [2.05, 4.69) is 34.9 Å². The van der Waals surface area contributed by atoms with Crippen molar-refractivity contribution < 1.29 is 9.53 Å². The molecule has 0 aliphatic heterocycles. The third-order valence-corrected chi connectivity index (χ3v) is 3.87. The molecule has 0 aliphatic carbocycles. The van der Waals surface area contributed by atoms with E-state index in [-0.39, 0.29) is 24.4 Å². The summed E-state index contributed by atoms with van der Waals surface area (Å²) in [5.41, 5.74) is 2.42. The zero-order valence-corrected chi connectivity index (χ0v) is 15.4. The Kier molecular flexibility index (Phi) is 10.6. The molecule has 2 rings (SSSR count). The number of nitrogens with one attached hydrogen (secondary N) is 2. The van der Waals surface area contributed by atoms with Crippen LogP contribution in [0.15, 0.2) is 60.7 Å². The number of benzene rings is 2. The van der Waals surface area contributed by atoms with Gasteiger partial charge in [0.25, 0.3) is 0 Å². The predicted molar refractivity (Wildman–Crippen MR) is 104 cm³/mol. The monoisotopic (exact) mass is 362 g/mol. The van der Waals surface area contributed by atoms with Crippen molar-refractivity contribution in [2.45, 2.75) is 18.9 Å². The maximum atomic E-state index is 12.2. The number of carbonyl (C=O) groups is 1. The zero-order valence-electron chi connectivity index (χ0n) is 14.6. The van der Waals surface area contributed by atoms with Gasteiger partial charge in [-0.15, -0.1) is 12.4 Å². The Balaban J connectivity index is 0.00000312. The molecule has 2 aromatic carbocycles. The minimum atomic E-state index is 0. The highest BCUT2D eigenvalue weighted by Crippen LogP contribution is 2.19. The standard InChI is InChI=1S/C20H26N2O2.ClH/c1-24-15-14-21-16-20(23)22-19(18-10-6-3-7-11-18)13-12-17-8-4-2-5-9-17;/h2-11,19,21H,12-16H2,1H3,(H,22,23);1H. The van der Waals surface area contributed by atoms with E-state index in [1.165, 1.54) is 5.56 Å². The lowest BCUT2D eigenvalue weighted by Crippen LogP contribution is -2.37. The fourth-order valence-corrected chi connectivity index (χ4v) is 2.58. The third-order valence-electron chi connectivity index (χ3n) is 3.87. The summed E-state index contributed by atoms with van der Waals surface area (Å²) in [4.78, 5) is 12.2. The van der Waals surface area contributed by atoms with E-state index >= 15 is 0 Å². The van der Waals surface area contributed by atoms with Gasteiger partial charge in [-0.1, -0.05) is 60.7 Å². The van der Waals surface area contributed by atoms with Gasteiger partial charge in [0.15, 0.2) is 0 Å². The molecular formula is C20H27ClN2O2. The minimum Gasteiger partial charge on any atom is -0.383 e. The first-order valence-electron chi connectivity index (χ1n) is 8.37. The number of hydrogen-bond donors (Lipinski definition) is 2. The van der Waals surface area contributed by atoms with E-state index < -0.39 is 0 Å². The Hall–Kier alpha value is -1.88. The van der Waals surface area contributed by atoms with Gasteiger partial charge in [0.05, 0.1) is 19.2 Å². The number of ether oxygens (including phenoxy) is 1. The van der Waals surface area contributed by atoms with Gasteiger partial charge < -0.3 is 15.4 Å². The smallest absolute Gasteiger partial charge is 0.234 e. The van der Waals surface area contributed by atoms with Gasteiger partial charge in [-0.2, -0.15) is 0 Å². The van der Waals surface area contributed by atoms with Crippen molar-refractivity contribution in [3.8, 4) is 0 Å². The molecule has 0 aliphatic rings. The van der Waals surface area contributed by atoms with Crippen LogP contribution in [-0.4, -0.2) is 32.7 Å². The van der Waals surface area contributed by atoms with Gasteiger partial charge in [0.1, 0.15) is 0 Å². The minimum absolute atomic E-state index is 0. The van der Waals surface area contributed by atoms with Crippen molar-refractivity contribution in [2.24, 2.45) is 0 Å². The molecule has 2 aromatic rings. The van der Waals surface area contributed by atoms with Crippen LogP contribution < -0.4 is 10.6 Å². The molecule has 2 N–H and O–H groups in total. The molecule has 0 bridgehead atoms. The van der Waals surface area contributed by atoms with Gasteiger partial charge in [0, 0.05) is 13.7 Å². The first kappa shape index (κ1) is 21.2. The molecule has 1 unspecified atom stereocenters. The van der Waals surface area contributed by atoms with Crippen LogP contribution in [0.5, 0.6) is 0 Å². The Labute approximate surface area is 156 Å². The maximum absolute atomic E-state index is 12.2. The van der Waals surface area contributed by atoms with Gasteiger partial charge in [0.2, 0.25) is 5.91 Å². The largest absolute Gasteiger partial charge is 0.383 e. The van der Waals surface area contributed by atoms with Crippen molar-refractivity contribution >= 4 is 18.3 Å². The molecule has 0 spiro atoms. The Bertz CT molecular complexity index is 593. The average molecular weight is 363 g/mol. The fourth-order valence-electron chi connectivity index (χ4n) is 2.58. The van der Waals surface area contributed by atoms with E-state index in [0.29, 0.717) is 19.7 Å². The van der Waals surface area contributed by atoms with Crippen molar-refractivity contribution in [3.63, 3.8) is 0 Å². The molecule has 1 amide bonds. The van der Waals surface area contributed by atoms with Crippen LogP contribution in [0, 0.1) is 0 Å². The molecular weight excluding hydrogens is 336 g/mol. The highest BCUT2D eigenvalue weighted by molar-refractivity contribution is 5.85. The Morgan fingerprint density at radius 3 is 2.32 bits per heavy atom. The van der Waals surface area contributed by atoms with Gasteiger partial charge in [-0.3, -0.25) is 4.79 Å². The second kappa shape index (κ2) is 12.5. The van der Waals surface area contributed by atoms with Crippen LogP contribution in [0.2, 0.25) is 0 Å². The number of hydrogen-bond acceptors (Lipinski definition) is 3. The van der Waals surface area contributed by atoms with E-state index in [1.807, 2.05) is 36.4 Å². The zero-order chi connectivity index (χ0) is 17.0. The molecule has 5 heteroatoms. The molecule has 25 heavy (non-hydrogen) atoms. The van der Waals surface area contributed by atoms with E-state index in [1.54, 1.807) is 7.11 Å². The summed E-state index contributed by atoms with van der Waals surface area (Å²) in [6.45, 7) is 1.57. The lowest BCUT2D eigenvalue weighted by Gasteiger charge is -2.19. The first-order valence-corrected chi connectivity index (χ1v) is 8.37. The van der Waals surface area contributed by atoms with E-state index in [4.69, 9.17) is 4.74 Å². The molecule has 0 aromatic heterocycles. The van der Waals surface area contributed by atoms with Gasteiger partial charge in [-0.05, 0) is 24.0 Å². The van der Waals surface area contributed by atoms with Gasteiger partial charge >= 0.3 is 0 Å². The van der Waals surface area contributed by atoms with E-state index in [0.717, 1.165) is 18.4 Å². The summed E-state index contributed by atoms with van der Waals surface area (Å²) < 4.78 is 4.97. The summed E-state index contributed by atoms with van der Waals surface area (Å²) in [5, 5.41) is 6.22. The van der Waals surface area contributed by atoms with Crippen LogP contribution in [0.1, 0.15) is 23.6 Å².